The number of nitrogens with zero attached hydrogens (tertiary/aromatic N) is 2. The number of phenols is 1. The molecule has 0 bridgehead atoms. The maximum atomic E-state index is 12.3. The second-order valence-corrected chi connectivity index (χ2v) is 7.20. The molecule has 0 aliphatic rings. The van der Waals surface area contributed by atoms with Crippen molar-refractivity contribution in [2.75, 3.05) is 0 Å². The number of rotatable bonds is 4. The number of aromatic hydroxyl groups is 1. The molecule has 6 nitrogen and oxygen atoms in total. The minimum absolute atomic E-state index is 0.00599. The molecule has 0 radical (unpaired) electrons. The lowest BCUT2D eigenvalue weighted by Gasteiger charge is -2.01. The van der Waals surface area contributed by atoms with Gasteiger partial charge >= 0.3 is 0 Å². The highest BCUT2D eigenvalue weighted by atomic mass is 35.5. The van der Waals surface area contributed by atoms with Crippen molar-refractivity contribution >= 4 is 21.4 Å². The molecule has 0 aliphatic carbocycles. The van der Waals surface area contributed by atoms with Gasteiger partial charge in [0.05, 0.1) is 4.90 Å². The van der Waals surface area contributed by atoms with E-state index in [1.165, 1.54) is 24.3 Å². The maximum Gasteiger partial charge on any atom is 0.257 e. The topological polar surface area (TPSA) is 93.3 Å². The van der Waals surface area contributed by atoms with Crippen LogP contribution < -0.4 is 0 Å². The number of hydrogen-bond acceptors (Lipinski definition) is 6. The molecule has 0 aliphatic heterocycles. The van der Waals surface area contributed by atoms with Crippen molar-refractivity contribution in [2.24, 2.45) is 0 Å². The van der Waals surface area contributed by atoms with Crippen LogP contribution in [0.4, 0.5) is 0 Å². The van der Waals surface area contributed by atoms with Gasteiger partial charge in [-0.05, 0) is 48.5 Å². The van der Waals surface area contributed by atoms with Gasteiger partial charge in [-0.2, -0.15) is 4.98 Å². The van der Waals surface area contributed by atoms with Gasteiger partial charge in [-0.25, -0.2) is 8.42 Å². The third-order valence-corrected chi connectivity index (χ3v) is 4.95. The summed E-state index contributed by atoms with van der Waals surface area (Å²) in [5.41, 5.74) is 0.648. The minimum atomic E-state index is -3.62. The fourth-order valence-electron chi connectivity index (χ4n) is 1.93. The van der Waals surface area contributed by atoms with Gasteiger partial charge in [-0.1, -0.05) is 16.8 Å². The standard InChI is InChI=1S/C15H11ClN2O4S/c16-11-3-1-10(2-4-11)15-17-14(18-22-15)9-23(20,21)13-7-5-12(19)6-8-13/h1-8,19H,9H2. The fourth-order valence-corrected chi connectivity index (χ4v) is 3.23. The monoisotopic (exact) mass is 350 g/mol. The van der Waals surface area contributed by atoms with E-state index in [1.807, 2.05) is 0 Å². The first kappa shape index (κ1) is 15.5. The third kappa shape index (κ3) is 3.52. The van der Waals surface area contributed by atoms with Crippen molar-refractivity contribution < 1.29 is 18.0 Å². The van der Waals surface area contributed by atoms with E-state index in [9.17, 15) is 13.5 Å². The molecule has 0 spiro atoms. The Hall–Kier alpha value is -2.38. The first-order chi connectivity index (χ1) is 10.9. The highest BCUT2D eigenvalue weighted by molar-refractivity contribution is 7.90. The molecule has 0 saturated carbocycles. The van der Waals surface area contributed by atoms with Gasteiger partial charge < -0.3 is 9.63 Å². The number of halogens is 1. The number of hydrogen-bond donors (Lipinski definition) is 1. The largest absolute Gasteiger partial charge is 0.508 e. The molecule has 23 heavy (non-hydrogen) atoms. The molecule has 0 amide bonds. The van der Waals surface area contributed by atoms with Crippen LogP contribution in [0.5, 0.6) is 5.75 Å². The average Bonchev–Trinajstić information content (AvgIpc) is 2.96. The molecule has 1 heterocycles. The zero-order valence-electron chi connectivity index (χ0n) is 11.7. The first-order valence-electron chi connectivity index (χ1n) is 6.54. The predicted octanol–water partition coefficient (Wildman–Crippen LogP) is 3.07. The summed E-state index contributed by atoms with van der Waals surface area (Å²) in [6, 6.07) is 12.0. The van der Waals surface area contributed by atoms with Crippen molar-refractivity contribution in [3.05, 3.63) is 59.4 Å². The summed E-state index contributed by atoms with van der Waals surface area (Å²) >= 11 is 5.81. The number of benzene rings is 2. The molecule has 3 rings (SSSR count). The summed E-state index contributed by atoms with van der Waals surface area (Å²) in [5.74, 6) is -0.122. The molecule has 0 fully saturated rings. The molecule has 3 aromatic rings. The van der Waals surface area contributed by atoms with Crippen LogP contribution in [0, 0.1) is 0 Å². The van der Waals surface area contributed by atoms with Gasteiger partial charge in [0.15, 0.2) is 15.7 Å². The Morgan fingerprint density at radius 2 is 1.70 bits per heavy atom. The molecule has 2 aromatic carbocycles. The van der Waals surface area contributed by atoms with Crippen LogP contribution in [0.15, 0.2) is 57.9 Å². The van der Waals surface area contributed by atoms with E-state index in [0.717, 1.165) is 0 Å². The zero-order valence-corrected chi connectivity index (χ0v) is 13.3. The fraction of sp³-hybridized carbons (Fsp3) is 0.0667. The van der Waals surface area contributed by atoms with Crippen molar-refractivity contribution in [1.29, 1.82) is 0 Å². The molecular weight excluding hydrogens is 340 g/mol. The van der Waals surface area contributed by atoms with Crippen LogP contribution in [0.1, 0.15) is 5.82 Å². The van der Waals surface area contributed by atoms with Gasteiger partial charge in [-0.3, -0.25) is 0 Å². The first-order valence-corrected chi connectivity index (χ1v) is 8.57. The maximum absolute atomic E-state index is 12.3. The van der Waals surface area contributed by atoms with Crippen LogP contribution in [0.3, 0.4) is 0 Å². The van der Waals surface area contributed by atoms with Gasteiger partial charge in [0.25, 0.3) is 5.89 Å². The Labute approximate surface area is 137 Å². The Morgan fingerprint density at radius 3 is 2.35 bits per heavy atom. The van der Waals surface area contributed by atoms with E-state index in [0.29, 0.717) is 10.6 Å². The summed E-state index contributed by atoms with van der Waals surface area (Å²) in [4.78, 5) is 4.17. The molecule has 1 N–H and O–H groups in total. The second-order valence-electron chi connectivity index (χ2n) is 4.78. The zero-order chi connectivity index (χ0) is 16.4. The highest BCUT2D eigenvalue weighted by Crippen LogP contribution is 2.22. The summed E-state index contributed by atoms with van der Waals surface area (Å²) in [6.45, 7) is 0. The Bertz CT molecular complexity index is 919. The van der Waals surface area contributed by atoms with Gasteiger partial charge in [0, 0.05) is 10.6 Å². The minimum Gasteiger partial charge on any atom is -0.508 e. The molecule has 1 aromatic heterocycles. The molecule has 0 saturated heterocycles. The lowest BCUT2D eigenvalue weighted by molar-refractivity contribution is 0.424. The molecule has 0 unspecified atom stereocenters. The van der Waals surface area contributed by atoms with Crippen LogP contribution >= 0.6 is 11.6 Å². The lowest BCUT2D eigenvalue weighted by Crippen LogP contribution is -2.06. The quantitative estimate of drug-likeness (QED) is 0.777. The van der Waals surface area contributed by atoms with Crippen molar-refractivity contribution in [3.63, 3.8) is 0 Å². The van der Waals surface area contributed by atoms with Gasteiger partial charge in [0.2, 0.25) is 0 Å². The van der Waals surface area contributed by atoms with Crippen LogP contribution in [0.25, 0.3) is 11.5 Å². The second kappa shape index (κ2) is 6.02. The Balaban J connectivity index is 1.83. The van der Waals surface area contributed by atoms with E-state index in [4.69, 9.17) is 16.1 Å². The van der Waals surface area contributed by atoms with E-state index in [-0.39, 0.29) is 22.4 Å². The van der Waals surface area contributed by atoms with E-state index in [1.54, 1.807) is 24.3 Å². The van der Waals surface area contributed by atoms with Crippen LogP contribution in [-0.4, -0.2) is 23.7 Å². The SMILES string of the molecule is O=S(=O)(Cc1noc(-c2ccc(Cl)cc2)n1)c1ccc(O)cc1. The smallest absolute Gasteiger partial charge is 0.257 e. The number of sulfone groups is 1. The van der Waals surface area contributed by atoms with E-state index >= 15 is 0 Å². The molecule has 0 atom stereocenters. The third-order valence-electron chi connectivity index (χ3n) is 3.07. The number of aromatic nitrogens is 2. The van der Waals surface area contributed by atoms with E-state index < -0.39 is 15.6 Å². The predicted molar refractivity (Wildman–Crippen MR) is 83.7 cm³/mol. The van der Waals surface area contributed by atoms with E-state index in [2.05, 4.69) is 10.1 Å². The van der Waals surface area contributed by atoms with Crippen molar-refractivity contribution in [1.82, 2.24) is 10.1 Å². The molecular formula is C15H11ClN2O4S. The Morgan fingerprint density at radius 1 is 1.04 bits per heavy atom. The van der Waals surface area contributed by atoms with Crippen molar-refractivity contribution in [3.8, 4) is 17.2 Å². The van der Waals surface area contributed by atoms with Crippen molar-refractivity contribution in [2.45, 2.75) is 10.6 Å². The van der Waals surface area contributed by atoms with Gasteiger partial charge in [0.1, 0.15) is 11.5 Å². The summed E-state index contributed by atoms with van der Waals surface area (Å²) < 4.78 is 29.6. The normalized spacial score (nSPS) is 11.5. The number of phenolic OH excluding ortho intramolecular Hbond substituents is 1. The Kier molecular flexibility index (Phi) is 4.06. The van der Waals surface area contributed by atoms with Crippen LogP contribution in [0.2, 0.25) is 5.02 Å². The van der Waals surface area contributed by atoms with Crippen LogP contribution in [-0.2, 0) is 15.6 Å². The summed E-state index contributed by atoms with van der Waals surface area (Å²) in [7, 11) is -3.62. The summed E-state index contributed by atoms with van der Waals surface area (Å²) in [6.07, 6.45) is 0. The molecule has 118 valence electrons. The molecule has 8 heteroatoms. The summed E-state index contributed by atoms with van der Waals surface area (Å²) in [5, 5.41) is 13.5. The average molecular weight is 351 g/mol. The lowest BCUT2D eigenvalue weighted by atomic mass is 10.2. The highest BCUT2D eigenvalue weighted by Gasteiger charge is 2.19. The van der Waals surface area contributed by atoms with Gasteiger partial charge in [-0.15, -0.1) is 0 Å².